The van der Waals surface area contributed by atoms with Crippen LogP contribution in [0.15, 0.2) is 40.9 Å². The molecular weight excluding hydrogens is 347 g/mol. The minimum absolute atomic E-state index is 0.273. The largest absolute Gasteiger partial charge is 0.485 e. The Labute approximate surface area is 129 Å². The van der Waals surface area contributed by atoms with Crippen LogP contribution >= 0.6 is 27.5 Å². The Kier molecular flexibility index (Phi) is 3.71. The lowest BCUT2D eigenvalue weighted by Crippen LogP contribution is -2.20. The van der Waals surface area contributed by atoms with Crippen molar-refractivity contribution in [3.05, 3.63) is 62.8 Å². The Morgan fingerprint density at radius 1 is 1.30 bits per heavy atom. The van der Waals surface area contributed by atoms with Gasteiger partial charge < -0.3 is 9.84 Å². The SMILES string of the molecule is O[C@@H]1CC(c2c(F)cccc2Cl)Oc2cc(Br)ccc21. The Hall–Kier alpha value is -1.10. The van der Waals surface area contributed by atoms with Gasteiger partial charge in [0.1, 0.15) is 17.7 Å². The summed E-state index contributed by atoms with van der Waals surface area (Å²) in [6.07, 6.45) is -1.03. The predicted molar refractivity (Wildman–Crippen MR) is 78.5 cm³/mol. The van der Waals surface area contributed by atoms with Crippen LogP contribution in [0.2, 0.25) is 5.02 Å². The van der Waals surface area contributed by atoms with E-state index in [1.54, 1.807) is 24.3 Å². The van der Waals surface area contributed by atoms with Gasteiger partial charge in [0.25, 0.3) is 0 Å². The second kappa shape index (κ2) is 5.35. The van der Waals surface area contributed by atoms with Gasteiger partial charge in [0, 0.05) is 22.0 Å². The lowest BCUT2D eigenvalue weighted by atomic mass is 9.95. The van der Waals surface area contributed by atoms with Crippen molar-refractivity contribution in [3.63, 3.8) is 0 Å². The van der Waals surface area contributed by atoms with Gasteiger partial charge >= 0.3 is 0 Å². The summed E-state index contributed by atoms with van der Waals surface area (Å²) in [4.78, 5) is 0. The van der Waals surface area contributed by atoms with Crippen molar-refractivity contribution in [2.45, 2.75) is 18.6 Å². The molecule has 1 heterocycles. The highest BCUT2D eigenvalue weighted by atomic mass is 79.9. The Balaban J connectivity index is 2.03. The maximum absolute atomic E-state index is 14.0. The highest BCUT2D eigenvalue weighted by Crippen LogP contribution is 2.43. The van der Waals surface area contributed by atoms with Crippen molar-refractivity contribution in [3.8, 4) is 5.75 Å². The minimum atomic E-state index is -0.701. The first-order valence-corrected chi connectivity index (χ1v) is 7.31. The van der Waals surface area contributed by atoms with E-state index in [2.05, 4.69) is 15.9 Å². The first kappa shape index (κ1) is 13.9. The summed E-state index contributed by atoms with van der Waals surface area (Å²) >= 11 is 9.41. The molecule has 1 unspecified atom stereocenters. The smallest absolute Gasteiger partial charge is 0.131 e. The standard InChI is InChI=1S/C15H11BrClFO2/c16-8-4-5-9-12(19)7-14(20-13(9)6-8)15-10(17)2-1-3-11(15)18/h1-6,12,14,19H,7H2/t12-,14?/m1/s1. The third-order valence-electron chi connectivity index (χ3n) is 3.36. The average Bonchev–Trinajstić information content (AvgIpc) is 2.38. The highest BCUT2D eigenvalue weighted by molar-refractivity contribution is 9.10. The number of aliphatic hydroxyl groups is 1. The average molecular weight is 358 g/mol. The van der Waals surface area contributed by atoms with Gasteiger partial charge in [-0.05, 0) is 24.3 Å². The van der Waals surface area contributed by atoms with Crippen LogP contribution in [0.1, 0.15) is 29.8 Å². The molecule has 104 valence electrons. The Morgan fingerprint density at radius 2 is 2.10 bits per heavy atom. The fourth-order valence-electron chi connectivity index (χ4n) is 2.41. The fourth-order valence-corrected chi connectivity index (χ4v) is 3.04. The molecule has 3 rings (SSSR count). The second-order valence-electron chi connectivity index (χ2n) is 4.68. The van der Waals surface area contributed by atoms with Crippen LogP contribution in [0.25, 0.3) is 0 Å². The molecule has 0 amide bonds. The van der Waals surface area contributed by atoms with Gasteiger partial charge in [0.15, 0.2) is 0 Å². The lowest BCUT2D eigenvalue weighted by Gasteiger charge is -2.30. The molecule has 2 atom stereocenters. The van der Waals surface area contributed by atoms with Crippen molar-refractivity contribution in [1.82, 2.24) is 0 Å². The van der Waals surface area contributed by atoms with E-state index in [1.165, 1.54) is 6.07 Å². The van der Waals surface area contributed by atoms with E-state index in [-0.39, 0.29) is 6.42 Å². The summed E-state index contributed by atoms with van der Waals surface area (Å²) in [6.45, 7) is 0. The fraction of sp³-hybridized carbons (Fsp3) is 0.200. The number of ether oxygens (including phenoxy) is 1. The van der Waals surface area contributed by atoms with Gasteiger partial charge in [0.05, 0.1) is 11.1 Å². The van der Waals surface area contributed by atoms with Crippen LogP contribution in [0.4, 0.5) is 4.39 Å². The zero-order valence-corrected chi connectivity index (χ0v) is 12.7. The molecule has 5 heteroatoms. The highest BCUT2D eigenvalue weighted by Gasteiger charge is 2.31. The van der Waals surface area contributed by atoms with Gasteiger partial charge in [0.2, 0.25) is 0 Å². The Bertz CT molecular complexity index is 642. The second-order valence-corrected chi connectivity index (χ2v) is 6.00. The van der Waals surface area contributed by atoms with Crippen LogP contribution < -0.4 is 4.74 Å². The zero-order chi connectivity index (χ0) is 14.3. The molecule has 0 spiro atoms. The summed E-state index contributed by atoms with van der Waals surface area (Å²) < 4.78 is 20.6. The van der Waals surface area contributed by atoms with Gasteiger partial charge in [-0.2, -0.15) is 0 Å². The molecule has 0 saturated heterocycles. The third kappa shape index (κ3) is 2.43. The molecule has 2 nitrogen and oxygen atoms in total. The van der Waals surface area contributed by atoms with Gasteiger partial charge in [-0.3, -0.25) is 0 Å². The number of fused-ring (bicyclic) bond motifs is 1. The summed E-state index contributed by atoms with van der Waals surface area (Å²) in [5.74, 6) is 0.121. The number of hydrogen-bond acceptors (Lipinski definition) is 2. The maximum Gasteiger partial charge on any atom is 0.131 e. The van der Waals surface area contributed by atoms with Crippen molar-refractivity contribution >= 4 is 27.5 Å². The van der Waals surface area contributed by atoms with Crippen molar-refractivity contribution in [2.24, 2.45) is 0 Å². The van der Waals surface area contributed by atoms with E-state index in [9.17, 15) is 9.50 Å². The first-order valence-electron chi connectivity index (χ1n) is 6.14. The number of halogens is 3. The molecule has 0 aliphatic carbocycles. The first-order chi connectivity index (χ1) is 9.56. The van der Waals surface area contributed by atoms with Crippen LogP contribution in [0.5, 0.6) is 5.75 Å². The molecule has 20 heavy (non-hydrogen) atoms. The van der Waals surface area contributed by atoms with Crippen LogP contribution in [0, 0.1) is 5.82 Å². The van der Waals surface area contributed by atoms with Gasteiger partial charge in [-0.15, -0.1) is 0 Å². The number of aliphatic hydroxyl groups excluding tert-OH is 1. The molecule has 0 fully saturated rings. The molecule has 0 saturated carbocycles. The molecule has 0 aromatic heterocycles. The summed E-state index contributed by atoms with van der Waals surface area (Å²) in [7, 11) is 0. The monoisotopic (exact) mass is 356 g/mol. The Morgan fingerprint density at radius 3 is 2.85 bits per heavy atom. The van der Waals surface area contributed by atoms with E-state index in [0.29, 0.717) is 21.9 Å². The van der Waals surface area contributed by atoms with Crippen molar-refractivity contribution < 1.29 is 14.2 Å². The maximum atomic E-state index is 14.0. The number of rotatable bonds is 1. The van der Waals surface area contributed by atoms with Gasteiger partial charge in [-0.25, -0.2) is 4.39 Å². The minimum Gasteiger partial charge on any atom is -0.485 e. The molecule has 0 radical (unpaired) electrons. The van der Waals surface area contributed by atoms with E-state index < -0.39 is 18.0 Å². The molecule has 0 bridgehead atoms. The molecule has 1 aliphatic rings. The number of benzene rings is 2. The normalized spacial score (nSPS) is 21.2. The predicted octanol–water partition coefficient (Wildman–Crippen LogP) is 4.80. The van der Waals surface area contributed by atoms with Crippen LogP contribution in [0.3, 0.4) is 0 Å². The van der Waals surface area contributed by atoms with Crippen LogP contribution in [-0.2, 0) is 0 Å². The zero-order valence-electron chi connectivity index (χ0n) is 10.3. The molecule has 1 N–H and O–H groups in total. The van der Waals surface area contributed by atoms with Crippen molar-refractivity contribution in [2.75, 3.05) is 0 Å². The van der Waals surface area contributed by atoms with Crippen LogP contribution in [-0.4, -0.2) is 5.11 Å². The quantitative estimate of drug-likeness (QED) is 0.794. The summed E-state index contributed by atoms with van der Waals surface area (Å²) in [6, 6.07) is 9.90. The van der Waals surface area contributed by atoms with E-state index in [0.717, 1.165) is 4.47 Å². The van der Waals surface area contributed by atoms with Gasteiger partial charge in [-0.1, -0.05) is 39.7 Å². The molecule has 1 aliphatic heterocycles. The molecule has 2 aromatic rings. The van der Waals surface area contributed by atoms with E-state index in [4.69, 9.17) is 16.3 Å². The topological polar surface area (TPSA) is 29.5 Å². The summed E-state index contributed by atoms with van der Waals surface area (Å²) in [5, 5.41) is 10.5. The lowest BCUT2D eigenvalue weighted by molar-refractivity contribution is 0.0640. The van der Waals surface area contributed by atoms with E-state index in [1.807, 2.05) is 6.07 Å². The third-order valence-corrected chi connectivity index (χ3v) is 4.19. The molecular formula is C15H11BrClFO2. The van der Waals surface area contributed by atoms with E-state index >= 15 is 0 Å². The number of hydrogen-bond donors (Lipinski definition) is 1. The van der Waals surface area contributed by atoms with Crippen molar-refractivity contribution in [1.29, 1.82) is 0 Å². The summed E-state index contributed by atoms with van der Waals surface area (Å²) in [5.41, 5.74) is 0.996. The molecule has 2 aromatic carbocycles.